The predicted octanol–water partition coefficient (Wildman–Crippen LogP) is 3.78. The molecule has 2 aromatic rings. The SMILES string of the molecule is O=C1CC/C=C\CN(C2CCCCC2)C(=O)[C@H]2N([C@H](CO)c3ccccc3)C(=O)[C@@H]3[C@@H](C(=O)N[C@@H](c4ccccc4)CO1)[C@H]1C=C[C@]32O1. The minimum atomic E-state index is -1.39. The third-order valence-electron chi connectivity index (χ3n) is 10.8. The summed E-state index contributed by atoms with van der Waals surface area (Å²) in [6, 6.07) is 15.9. The van der Waals surface area contributed by atoms with Gasteiger partial charge in [-0.3, -0.25) is 19.2 Å². The molecular formula is C38H43N3O7. The third-order valence-corrected chi connectivity index (χ3v) is 10.8. The Morgan fingerprint density at radius 3 is 2.38 bits per heavy atom. The van der Waals surface area contributed by atoms with Crippen LogP contribution < -0.4 is 5.32 Å². The second kappa shape index (κ2) is 13.7. The predicted molar refractivity (Wildman–Crippen MR) is 176 cm³/mol. The molecule has 252 valence electrons. The van der Waals surface area contributed by atoms with Gasteiger partial charge in [-0.25, -0.2) is 0 Å². The second-order valence-electron chi connectivity index (χ2n) is 13.5. The van der Waals surface area contributed by atoms with Gasteiger partial charge in [0.25, 0.3) is 0 Å². The van der Waals surface area contributed by atoms with Crippen LogP contribution in [-0.4, -0.2) is 82.1 Å². The quantitative estimate of drug-likeness (QED) is 0.372. The van der Waals surface area contributed by atoms with Crippen molar-refractivity contribution in [2.24, 2.45) is 11.8 Å². The number of carbonyl (C=O) groups is 4. The molecule has 4 aliphatic heterocycles. The van der Waals surface area contributed by atoms with Crippen LogP contribution in [0.3, 0.4) is 0 Å². The van der Waals surface area contributed by atoms with Gasteiger partial charge in [0.15, 0.2) is 0 Å². The zero-order valence-corrected chi connectivity index (χ0v) is 27.0. The van der Waals surface area contributed by atoms with Crippen molar-refractivity contribution in [1.82, 2.24) is 15.1 Å². The lowest BCUT2D eigenvalue weighted by Crippen LogP contribution is -2.58. The fraction of sp³-hybridized carbons (Fsp3) is 0.474. The minimum absolute atomic E-state index is 0.0343. The molecule has 3 amide bonds. The summed E-state index contributed by atoms with van der Waals surface area (Å²) in [6.45, 7) is -0.170. The number of allylic oxidation sites excluding steroid dienone is 1. The molecule has 3 fully saturated rings. The van der Waals surface area contributed by atoms with Crippen LogP contribution in [0, 0.1) is 11.8 Å². The minimum Gasteiger partial charge on any atom is -0.463 e. The van der Waals surface area contributed by atoms with Crippen LogP contribution in [0.25, 0.3) is 0 Å². The number of carbonyl (C=O) groups excluding carboxylic acids is 4. The molecule has 0 unspecified atom stereocenters. The third kappa shape index (κ3) is 5.75. The van der Waals surface area contributed by atoms with Crippen molar-refractivity contribution in [2.75, 3.05) is 19.8 Å². The second-order valence-corrected chi connectivity index (χ2v) is 13.5. The number of aliphatic hydroxyl groups excluding tert-OH is 1. The summed E-state index contributed by atoms with van der Waals surface area (Å²) in [5.74, 6) is -3.38. The van der Waals surface area contributed by atoms with Crippen LogP contribution in [0.15, 0.2) is 85.0 Å². The topological polar surface area (TPSA) is 125 Å². The zero-order valence-electron chi connectivity index (χ0n) is 27.0. The number of rotatable bonds is 5. The number of aliphatic hydroxyl groups is 1. The first-order valence-electron chi connectivity index (χ1n) is 17.2. The maximum Gasteiger partial charge on any atom is 0.306 e. The lowest BCUT2D eigenvalue weighted by atomic mass is 9.74. The summed E-state index contributed by atoms with van der Waals surface area (Å²) in [6.07, 6.45) is 12.1. The first kappa shape index (κ1) is 32.3. The number of amides is 3. The highest BCUT2D eigenvalue weighted by Crippen LogP contribution is 2.57. The highest BCUT2D eigenvalue weighted by atomic mass is 16.5. The van der Waals surface area contributed by atoms with Crippen molar-refractivity contribution in [1.29, 1.82) is 0 Å². The summed E-state index contributed by atoms with van der Waals surface area (Å²) in [5.41, 5.74) is 0.0625. The van der Waals surface area contributed by atoms with Gasteiger partial charge in [0.2, 0.25) is 17.7 Å². The van der Waals surface area contributed by atoms with Gasteiger partial charge < -0.3 is 29.7 Å². The summed E-state index contributed by atoms with van der Waals surface area (Å²) in [4.78, 5) is 60.4. The molecule has 1 aliphatic carbocycles. The molecule has 0 radical (unpaired) electrons. The molecule has 1 spiro atoms. The van der Waals surface area contributed by atoms with Crippen molar-refractivity contribution in [3.63, 3.8) is 0 Å². The van der Waals surface area contributed by atoms with Crippen LogP contribution in [0.2, 0.25) is 0 Å². The van der Waals surface area contributed by atoms with E-state index in [1.165, 1.54) is 4.90 Å². The number of benzene rings is 2. The average molecular weight is 654 g/mol. The van der Waals surface area contributed by atoms with Gasteiger partial charge in [0, 0.05) is 19.0 Å². The standard InChI is InChI=1S/C38H43N3O7/c42-23-29(26-15-7-2-8-16-26)41-34-37(46)40(27-17-9-3-10-18-27)22-12-4-11-19-31(43)47-24-28(25-13-5-1-6-14-25)39-35(44)32-30-20-21-38(34,48-30)33(32)36(41)45/h1-2,4-8,12-16,20-21,27-30,32-34,42H,3,9-11,17-19,22-24H2,(H,39,44)/b12-4-/t28-,29-,30-,32+,33+,34-,38+/m1/s1. The van der Waals surface area contributed by atoms with Crippen molar-refractivity contribution in [3.05, 3.63) is 96.1 Å². The number of ether oxygens (including phenoxy) is 2. The van der Waals surface area contributed by atoms with E-state index >= 15 is 4.79 Å². The number of likely N-dealkylation sites (tertiary alicyclic amines) is 1. The highest BCUT2D eigenvalue weighted by Gasteiger charge is 2.74. The normalized spacial score (nSPS) is 32.6. The van der Waals surface area contributed by atoms with Gasteiger partial charge in [0.1, 0.15) is 18.2 Å². The average Bonchev–Trinajstić information content (AvgIpc) is 3.76. The van der Waals surface area contributed by atoms with Crippen LogP contribution in [0.1, 0.15) is 68.2 Å². The highest BCUT2D eigenvalue weighted by molar-refractivity contribution is 6.00. The summed E-state index contributed by atoms with van der Waals surface area (Å²) >= 11 is 0. The number of hydrogen-bond donors (Lipinski definition) is 2. The maximum atomic E-state index is 15.1. The molecular weight excluding hydrogens is 610 g/mol. The Morgan fingerprint density at radius 1 is 0.917 bits per heavy atom. The van der Waals surface area contributed by atoms with Gasteiger partial charge in [-0.1, -0.05) is 104 Å². The first-order chi connectivity index (χ1) is 23.4. The molecule has 2 aromatic carbocycles. The lowest BCUT2D eigenvalue weighted by molar-refractivity contribution is -0.152. The van der Waals surface area contributed by atoms with E-state index < -0.39 is 60.1 Å². The number of nitrogens with zero attached hydrogens (tertiary/aromatic N) is 2. The Balaban J connectivity index is 1.33. The Bertz CT molecular complexity index is 1570. The zero-order chi connectivity index (χ0) is 33.3. The number of hydrogen-bond acceptors (Lipinski definition) is 7. The molecule has 10 heteroatoms. The van der Waals surface area contributed by atoms with Gasteiger partial charge in [-0.2, -0.15) is 0 Å². The molecule has 2 saturated heterocycles. The summed E-state index contributed by atoms with van der Waals surface area (Å²) < 4.78 is 12.3. The number of esters is 1. The summed E-state index contributed by atoms with van der Waals surface area (Å²) in [7, 11) is 0. The number of cyclic esters (lactones) is 1. The van der Waals surface area contributed by atoms with Crippen LogP contribution in [-0.2, 0) is 28.7 Å². The molecule has 7 rings (SSSR count). The molecule has 0 aromatic heterocycles. The van der Waals surface area contributed by atoms with Crippen LogP contribution in [0.4, 0.5) is 0 Å². The number of fused-ring (bicyclic) bond motifs is 2. The molecule has 1 saturated carbocycles. The van der Waals surface area contributed by atoms with E-state index in [2.05, 4.69) is 5.32 Å². The molecule has 48 heavy (non-hydrogen) atoms. The van der Waals surface area contributed by atoms with E-state index in [0.717, 1.165) is 37.7 Å². The van der Waals surface area contributed by atoms with Gasteiger partial charge >= 0.3 is 5.97 Å². The van der Waals surface area contributed by atoms with Gasteiger partial charge in [-0.15, -0.1) is 0 Å². The molecule has 4 heterocycles. The van der Waals surface area contributed by atoms with Crippen molar-refractivity contribution < 1.29 is 33.8 Å². The van der Waals surface area contributed by atoms with Crippen molar-refractivity contribution in [2.45, 2.75) is 80.8 Å². The Morgan fingerprint density at radius 2 is 1.65 bits per heavy atom. The largest absolute Gasteiger partial charge is 0.463 e. The Kier molecular flexibility index (Phi) is 9.20. The molecule has 7 atom stereocenters. The van der Waals surface area contributed by atoms with Gasteiger partial charge in [-0.05, 0) is 30.4 Å². The Hall–Kier alpha value is -4.28. The van der Waals surface area contributed by atoms with Crippen LogP contribution >= 0.6 is 0 Å². The molecule has 2 N–H and O–H groups in total. The van der Waals surface area contributed by atoms with Crippen LogP contribution in [0.5, 0.6) is 0 Å². The molecule has 5 bridgehead atoms. The van der Waals surface area contributed by atoms with Gasteiger partial charge in [0.05, 0.1) is 36.6 Å². The van der Waals surface area contributed by atoms with E-state index in [4.69, 9.17) is 9.47 Å². The van der Waals surface area contributed by atoms with E-state index in [9.17, 15) is 19.5 Å². The van der Waals surface area contributed by atoms with Crippen molar-refractivity contribution in [3.8, 4) is 0 Å². The monoisotopic (exact) mass is 653 g/mol. The number of nitrogens with one attached hydrogen (secondary N) is 1. The van der Waals surface area contributed by atoms with E-state index in [0.29, 0.717) is 18.5 Å². The van der Waals surface area contributed by atoms with E-state index in [-0.39, 0.29) is 30.9 Å². The van der Waals surface area contributed by atoms with E-state index in [1.54, 1.807) is 6.08 Å². The van der Waals surface area contributed by atoms with Crippen molar-refractivity contribution >= 4 is 23.7 Å². The smallest absolute Gasteiger partial charge is 0.306 e. The maximum absolute atomic E-state index is 15.1. The fourth-order valence-electron chi connectivity index (χ4n) is 8.45. The molecule has 10 nitrogen and oxygen atoms in total. The van der Waals surface area contributed by atoms with E-state index in [1.807, 2.05) is 83.8 Å². The fourth-order valence-corrected chi connectivity index (χ4v) is 8.45. The molecule has 5 aliphatic rings. The summed E-state index contributed by atoms with van der Waals surface area (Å²) in [5, 5.41) is 13.9. The lowest BCUT2D eigenvalue weighted by Gasteiger charge is -2.42. The Labute approximate surface area is 280 Å². The first-order valence-corrected chi connectivity index (χ1v) is 17.2.